The zero-order chi connectivity index (χ0) is 17.8. The van der Waals surface area contributed by atoms with Gasteiger partial charge in [0, 0.05) is 47.9 Å². The molecule has 0 saturated carbocycles. The summed E-state index contributed by atoms with van der Waals surface area (Å²) < 4.78 is 0. The SMILES string of the molecule is CCC(CC)C(=O)N1CCc2nc(Nc3cccc(Cl)c3)ncc2C1. The fraction of sp³-hybridized carbons (Fsp3) is 0.421. The van der Waals surface area contributed by atoms with Crippen LogP contribution in [0, 0.1) is 5.92 Å². The standard InChI is InChI=1S/C19H23ClN4O/c1-3-13(4-2)18(25)24-9-8-17-14(12-24)11-21-19(23-17)22-16-7-5-6-15(20)10-16/h5-7,10-11,13H,3-4,8-9,12H2,1-2H3,(H,21,22,23). The first-order valence-electron chi connectivity index (χ1n) is 8.76. The lowest BCUT2D eigenvalue weighted by molar-refractivity contribution is -0.136. The second-order valence-corrected chi connectivity index (χ2v) is 6.76. The molecule has 3 rings (SSSR count). The van der Waals surface area contributed by atoms with Crippen molar-refractivity contribution in [3.05, 3.63) is 46.7 Å². The maximum atomic E-state index is 12.6. The maximum Gasteiger partial charge on any atom is 0.227 e. The molecule has 6 heteroatoms. The van der Waals surface area contributed by atoms with E-state index in [2.05, 4.69) is 29.1 Å². The van der Waals surface area contributed by atoms with Gasteiger partial charge in [-0.1, -0.05) is 31.5 Å². The zero-order valence-corrected chi connectivity index (χ0v) is 15.4. The molecule has 1 aliphatic rings. The van der Waals surface area contributed by atoms with Crippen molar-refractivity contribution in [1.29, 1.82) is 0 Å². The number of carbonyl (C=O) groups excluding carboxylic acids is 1. The Bertz CT molecular complexity index is 761. The monoisotopic (exact) mass is 358 g/mol. The summed E-state index contributed by atoms with van der Waals surface area (Å²) in [7, 11) is 0. The van der Waals surface area contributed by atoms with Crippen LogP contribution in [-0.4, -0.2) is 27.3 Å². The van der Waals surface area contributed by atoms with Gasteiger partial charge < -0.3 is 10.2 Å². The molecular weight excluding hydrogens is 336 g/mol. The highest BCUT2D eigenvalue weighted by Crippen LogP contribution is 2.23. The number of nitrogens with one attached hydrogen (secondary N) is 1. The van der Waals surface area contributed by atoms with Crippen LogP contribution < -0.4 is 5.32 Å². The van der Waals surface area contributed by atoms with Gasteiger partial charge in [0.1, 0.15) is 0 Å². The minimum atomic E-state index is 0.117. The highest BCUT2D eigenvalue weighted by Gasteiger charge is 2.26. The van der Waals surface area contributed by atoms with Crippen molar-refractivity contribution in [2.45, 2.75) is 39.7 Å². The van der Waals surface area contributed by atoms with Crippen molar-refractivity contribution < 1.29 is 4.79 Å². The van der Waals surface area contributed by atoms with E-state index in [0.717, 1.165) is 42.8 Å². The number of anilines is 2. The predicted molar refractivity (Wildman–Crippen MR) is 100.0 cm³/mol. The van der Waals surface area contributed by atoms with Gasteiger partial charge in [-0.2, -0.15) is 0 Å². The van der Waals surface area contributed by atoms with E-state index in [0.29, 0.717) is 17.5 Å². The highest BCUT2D eigenvalue weighted by atomic mass is 35.5. The number of nitrogens with zero attached hydrogens (tertiary/aromatic N) is 3. The van der Waals surface area contributed by atoms with Crippen molar-refractivity contribution >= 4 is 29.1 Å². The third-order valence-corrected chi connectivity index (χ3v) is 4.90. The lowest BCUT2D eigenvalue weighted by Crippen LogP contribution is -2.40. The molecule has 5 nitrogen and oxygen atoms in total. The lowest BCUT2D eigenvalue weighted by Gasteiger charge is -2.30. The Morgan fingerprint density at radius 1 is 1.36 bits per heavy atom. The average molecular weight is 359 g/mol. The van der Waals surface area contributed by atoms with Gasteiger partial charge in [-0.15, -0.1) is 0 Å². The van der Waals surface area contributed by atoms with E-state index >= 15 is 0 Å². The Kier molecular flexibility index (Phi) is 5.53. The molecule has 1 aromatic carbocycles. The predicted octanol–water partition coefficient (Wildman–Crippen LogP) is 4.19. The van der Waals surface area contributed by atoms with Gasteiger partial charge in [0.05, 0.1) is 5.69 Å². The van der Waals surface area contributed by atoms with Crippen LogP contribution in [0.2, 0.25) is 5.02 Å². The Balaban J connectivity index is 1.72. The normalized spacial score (nSPS) is 13.7. The first-order valence-corrected chi connectivity index (χ1v) is 9.14. The first kappa shape index (κ1) is 17.7. The molecule has 1 aromatic heterocycles. The van der Waals surface area contributed by atoms with Crippen molar-refractivity contribution in [3.8, 4) is 0 Å². The van der Waals surface area contributed by atoms with E-state index < -0.39 is 0 Å². The number of benzene rings is 1. The molecule has 0 spiro atoms. The van der Waals surface area contributed by atoms with Gasteiger partial charge in [0.25, 0.3) is 0 Å². The van der Waals surface area contributed by atoms with Crippen LogP contribution in [0.3, 0.4) is 0 Å². The molecule has 0 radical (unpaired) electrons. The number of carbonyl (C=O) groups is 1. The fourth-order valence-corrected chi connectivity index (χ4v) is 3.35. The third kappa shape index (κ3) is 4.10. The molecule has 2 heterocycles. The molecule has 25 heavy (non-hydrogen) atoms. The maximum absolute atomic E-state index is 12.6. The molecule has 1 aliphatic heterocycles. The number of fused-ring (bicyclic) bond motifs is 1. The minimum absolute atomic E-state index is 0.117. The van der Waals surface area contributed by atoms with E-state index in [4.69, 9.17) is 11.6 Å². The first-order chi connectivity index (χ1) is 12.1. The van der Waals surface area contributed by atoms with Gasteiger partial charge in [0.2, 0.25) is 11.9 Å². The molecule has 0 aliphatic carbocycles. The van der Waals surface area contributed by atoms with Crippen molar-refractivity contribution in [3.63, 3.8) is 0 Å². The van der Waals surface area contributed by atoms with Crippen molar-refractivity contribution in [2.24, 2.45) is 5.92 Å². The highest BCUT2D eigenvalue weighted by molar-refractivity contribution is 6.30. The van der Waals surface area contributed by atoms with Gasteiger partial charge >= 0.3 is 0 Å². The Hall–Kier alpha value is -2.14. The summed E-state index contributed by atoms with van der Waals surface area (Å²) in [5.74, 6) is 0.920. The minimum Gasteiger partial charge on any atom is -0.338 e. The van der Waals surface area contributed by atoms with Crippen LogP contribution in [0.15, 0.2) is 30.5 Å². The summed E-state index contributed by atoms with van der Waals surface area (Å²) in [6.07, 6.45) is 4.35. The molecule has 2 aromatic rings. The summed E-state index contributed by atoms with van der Waals surface area (Å²) in [6.45, 7) is 5.46. The Labute approximate surface area is 153 Å². The van der Waals surface area contributed by atoms with E-state index in [1.54, 1.807) is 0 Å². The Morgan fingerprint density at radius 2 is 2.16 bits per heavy atom. The molecule has 0 bridgehead atoms. The quantitative estimate of drug-likeness (QED) is 0.870. The summed E-state index contributed by atoms with van der Waals surface area (Å²) in [5, 5.41) is 3.84. The molecule has 132 valence electrons. The summed E-state index contributed by atoms with van der Waals surface area (Å²) in [6, 6.07) is 7.46. The molecule has 1 amide bonds. The second-order valence-electron chi connectivity index (χ2n) is 6.32. The summed E-state index contributed by atoms with van der Waals surface area (Å²) >= 11 is 6.00. The lowest BCUT2D eigenvalue weighted by atomic mass is 9.99. The van der Waals surface area contributed by atoms with Crippen LogP contribution in [0.25, 0.3) is 0 Å². The van der Waals surface area contributed by atoms with Crippen LogP contribution in [0.5, 0.6) is 0 Å². The molecule has 0 unspecified atom stereocenters. The van der Waals surface area contributed by atoms with Crippen LogP contribution in [0.1, 0.15) is 37.9 Å². The average Bonchev–Trinajstić information content (AvgIpc) is 2.62. The fourth-order valence-electron chi connectivity index (χ4n) is 3.16. The smallest absolute Gasteiger partial charge is 0.227 e. The van der Waals surface area contributed by atoms with E-state index in [1.165, 1.54) is 0 Å². The Morgan fingerprint density at radius 3 is 2.88 bits per heavy atom. The van der Waals surface area contributed by atoms with E-state index in [1.807, 2.05) is 35.4 Å². The van der Waals surface area contributed by atoms with Crippen molar-refractivity contribution in [1.82, 2.24) is 14.9 Å². The topological polar surface area (TPSA) is 58.1 Å². The number of hydrogen-bond donors (Lipinski definition) is 1. The van der Waals surface area contributed by atoms with Crippen LogP contribution in [0.4, 0.5) is 11.6 Å². The molecule has 0 atom stereocenters. The van der Waals surface area contributed by atoms with Gasteiger partial charge in [-0.25, -0.2) is 9.97 Å². The van der Waals surface area contributed by atoms with Crippen molar-refractivity contribution in [2.75, 3.05) is 11.9 Å². The number of hydrogen-bond acceptors (Lipinski definition) is 4. The van der Waals surface area contributed by atoms with E-state index in [9.17, 15) is 4.79 Å². The van der Waals surface area contributed by atoms with Crippen LogP contribution >= 0.6 is 11.6 Å². The molecule has 0 saturated heterocycles. The summed E-state index contributed by atoms with van der Waals surface area (Å²) in [5.41, 5.74) is 2.89. The molecule has 1 N–H and O–H groups in total. The number of aromatic nitrogens is 2. The number of halogens is 1. The third-order valence-electron chi connectivity index (χ3n) is 4.66. The van der Waals surface area contributed by atoms with Gasteiger partial charge in [-0.05, 0) is 31.0 Å². The number of rotatable bonds is 5. The molecule has 0 fully saturated rings. The summed E-state index contributed by atoms with van der Waals surface area (Å²) in [4.78, 5) is 23.5. The van der Waals surface area contributed by atoms with E-state index in [-0.39, 0.29) is 11.8 Å². The molecular formula is C19H23ClN4O. The van der Waals surface area contributed by atoms with Crippen LogP contribution in [-0.2, 0) is 17.8 Å². The van der Waals surface area contributed by atoms with Gasteiger partial charge in [-0.3, -0.25) is 4.79 Å². The van der Waals surface area contributed by atoms with Gasteiger partial charge in [0.15, 0.2) is 0 Å². The largest absolute Gasteiger partial charge is 0.338 e. The zero-order valence-electron chi connectivity index (χ0n) is 14.6. The second kappa shape index (κ2) is 7.83. The number of amides is 1.